The fourth-order valence-electron chi connectivity index (χ4n) is 1.28. The molecule has 0 unspecified atom stereocenters. The van der Waals surface area contributed by atoms with E-state index in [1.165, 1.54) is 25.7 Å². The Kier molecular flexibility index (Phi) is 9.35. The molecule has 14 heteroatoms. The number of halogens is 11. The number of hydrogen-bond acceptors (Lipinski definition) is 2. The number of hydrogen-bond donors (Lipinski definition) is 2. The van der Waals surface area contributed by atoms with E-state index >= 15 is 0 Å². The molecule has 26 heavy (non-hydrogen) atoms. The fraction of sp³-hybridized carbons (Fsp3) is 0.917. The molecule has 0 amide bonds. The zero-order chi connectivity index (χ0) is 21.6. The molecule has 0 fully saturated rings. The van der Waals surface area contributed by atoms with Crippen LogP contribution in [0.2, 0.25) is 0 Å². The Balaban J connectivity index is 0. The van der Waals surface area contributed by atoms with Crippen LogP contribution in [0.25, 0.3) is 0 Å². The van der Waals surface area contributed by atoms with Crippen LogP contribution in [0.15, 0.2) is 0 Å². The third-order valence-electron chi connectivity index (χ3n) is 2.87. The molecule has 0 aromatic rings. The van der Waals surface area contributed by atoms with Crippen molar-refractivity contribution in [2.24, 2.45) is 5.73 Å². The summed E-state index contributed by atoms with van der Waals surface area (Å²) >= 11 is 0. The Bertz CT molecular complexity index is 445. The van der Waals surface area contributed by atoms with Gasteiger partial charge in [0.1, 0.15) is 0 Å². The molecule has 0 rings (SSSR count). The van der Waals surface area contributed by atoms with E-state index in [1.807, 2.05) is 0 Å². The van der Waals surface area contributed by atoms with Crippen molar-refractivity contribution in [2.75, 3.05) is 6.54 Å². The maximum atomic E-state index is 12.4. The summed E-state index contributed by atoms with van der Waals surface area (Å²) in [6.07, 6.45) is -2.13. The van der Waals surface area contributed by atoms with E-state index in [1.54, 1.807) is 0 Å². The molecule has 0 atom stereocenters. The summed E-state index contributed by atoms with van der Waals surface area (Å²) in [4.78, 5) is 9.60. The number of unbranched alkanes of at least 4 members (excludes halogenated alkanes) is 3. The third kappa shape index (κ3) is 5.33. The molecule has 0 aliphatic heterocycles. The topological polar surface area (TPSA) is 63.3 Å². The van der Waals surface area contributed by atoms with E-state index in [2.05, 4.69) is 6.92 Å². The zero-order valence-electron chi connectivity index (χ0n) is 13.1. The Hall–Kier alpha value is -1.34. The summed E-state index contributed by atoms with van der Waals surface area (Å²) in [5.41, 5.74) is 5.27. The van der Waals surface area contributed by atoms with E-state index < -0.39 is 35.8 Å². The molecule has 3 nitrogen and oxygen atoms in total. The molecule has 158 valence electrons. The largest absolute Gasteiger partial charge is 0.477 e. The van der Waals surface area contributed by atoms with Gasteiger partial charge >= 0.3 is 35.8 Å². The second-order valence-corrected chi connectivity index (χ2v) is 4.95. The van der Waals surface area contributed by atoms with Gasteiger partial charge in [-0.15, -0.1) is 0 Å². The number of carboxylic acid groups (broad SMARTS) is 1. The molecule has 0 spiro atoms. The molecule has 0 radical (unpaired) electrons. The first-order chi connectivity index (χ1) is 11.4. The standard InChI is InChI=1S/C6HF11O2.C6H15N/c7-2(8,1(18)19)3(9,10)4(11,12)5(13,14)6(15,16)17;1-2-3-4-5-6-7/h(H,18,19);2-7H2,1H3. The number of carbonyl (C=O) groups is 1. The van der Waals surface area contributed by atoms with Gasteiger partial charge in [0.2, 0.25) is 0 Å². The van der Waals surface area contributed by atoms with Gasteiger partial charge in [0.25, 0.3) is 0 Å². The molecule has 0 aromatic heterocycles. The Labute approximate surface area is 140 Å². The lowest BCUT2D eigenvalue weighted by atomic mass is 9.98. The van der Waals surface area contributed by atoms with Crippen LogP contribution in [0.3, 0.4) is 0 Å². The Morgan fingerprint density at radius 2 is 1.19 bits per heavy atom. The van der Waals surface area contributed by atoms with Crippen LogP contribution in [0.4, 0.5) is 48.3 Å². The van der Waals surface area contributed by atoms with E-state index in [9.17, 15) is 53.1 Å². The van der Waals surface area contributed by atoms with Gasteiger partial charge in [0.05, 0.1) is 0 Å². The lowest BCUT2D eigenvalue weighted by Crippen LogP contribution is -2.68. The van der Waals surface area contributed by atoms with Gasteiger partial charge in [0.15, 0.2) is 0 Å². The molecule has 0 saturated carbocycles. The first-order valence-electron chi connectivity index (χ1n) is 6.87. The molecule has 0 heterocycles. The predicted octanol–water partition coefficient (Wildman–Crippen LogP) is 4.70. The smallest absolute Gasteiger partial charge is 0.460 e. The SMILES string of the molecule is CCCCCCN.O=C(O)C(F)(F)C(F)(F)C(F)(F)C(F)(F)C(F)(F)F. The number of aliphatic carboxylic acids is 1. The third-order valence-corrected chi connectivity index (χ3v) is 2.87. The van der Waals surface area contributed by atoms with Crippen molar-refractivity contribution in [1.29, 1.82) is 0 Å². The number of nitrogens with two attached hydrogens (primary N) is 1. The minimum atomic E-state index is -7.68. The van der Waals surface area contributed by atoms with Crippen molar-refractivity contribution in [2.45, 2.75) is 62.5 Å². The molecule has 0 bridgehead atoms. The van der Waals surface area contributed by atoms with Gasteiger partial charge in [-0.3, -0.25) is 0 Å². The van der Waals surface area contributed by atoms with Crippen LogP contribution in [-0.2, 0) is 4.79 Å². The molecule has 0 aromatic carbocycles. The van der Waals surface area contributed by atoms with Crippen LogP contribution in [0.1, 0.15) is 32.6 Å². The first-order valence-corrected chi connectivity index (χ1v) is 6.87. The van der Waals surface area contributed by atoms with Gasteiger partial charge < -0.3 is 10.8 Å². The van der Waals surface area contributed by atoms with E-state index in [-0.39, 0.29) is 0 Å². The summed E-state index contributed by atoms with van der Waals surface area (Å²) in [7, 11) is 0. The first kappa shape index (κ1) is 26.9. The molecule has 0 saturated heterocycles. The fourth-order valence-corrected chi connectivity index (χ4v) is 1.28. The summed E-state index contributed by atoms with van der Waals surface area (Å²) in [6.45, 7) is 3.07. The minimum absolute atomic E-state index is 0.861. The van der Waals surface area contributed by atoms with Gasteiger partial charge in [-0.2, -0.15) is 48.3 Å². The summed E-state index contributed by atoms with van der Waals surface area (Å²) in [5.74, 6) is -33.6. The van der Waals surface area contributed by atoms with Crippen LogP contribution in [0.5, 0.6) is 0 Å². The lowest BCUT2D eigenvalue weighted by molar-refractivity contribution is -0.418. The van der Waals surface area contributed by atoms with Crippen molar-refractivity contribution < 1.29 is 58.2 Å². The summed E-state index contributed by atoms with van der Waals surface area (Å²) in [6, 6.07) is 0. The Morgan fingerprint density at radius 1 is 0.769 bits per heavy atom. The lowest BCUT2D eigenvalue weighted by Gasteiger charge is -2.35. The molecule has 0 aliphatic rings. The highest BCUT2D eigenvalue weighted by Crippen LogP contribution is 2.57. The minimum Gasteiger partial charge on any atom is -0.477 e. The monoisotopic (exact) mass is 415 g/mol. The summed E-state index contributed by atoms with van der Waals surface area (Å²) < 4.78 is 133. The average Bonchev–Trinajstić information content (AvgIpc) is 2.46. The van der Waals surface area contributed by atoms with Gasteiger partial charge in [-0.25, -0.2) is 4.79 Å². The van der Waals surface area contributed by atoms with Gasteiger partial charge in [-0.05, 0) is 13.0 Å². The van der Waals surface area contributed by atoms with Gasteiger partial charge in [0, 0.05) is 0 Å². The van der Waals surface area contributed by atoms with Crippen LogP contribution < -0.4 is 5.73 Å². The highest BCUT2D eigenvalue weighted by atomic mass is 19.4. The second-order valence-electron chi connectivity index (χ2n) is 4.95. The predicted molar refractivity (Wildman–Crippen MR) is 66.7 cm³/mol. The highest BCUT2D eigenvalue weighted by Gasteiger charge is 2.88. The highest BCUT2D eigenvalue weighted by molar-refractivity contribution is 5.77. The average molecular weight is 415 g/mol. The van der Waals surface area contributed by atoms with Crippen molar-refractivity contribution in [1.82, 2.24) is 0 Å². The molecule has 0 aliphatic carbocycles. The normalized spacial score (nSPS) is 13.9. The van der Waals surface area contributed by atoms with E-state index in [4.69, 9.17) is 10.8 Å². The maximum Gasteiger partial charge on any atom is 0.460 e. The zero-order valence-corrected chi connectivity index (χ0v) is 13.1. The molecular weight excluding hydrogens is 399 g/mol. The van der Waals surface area contributed by atoms with E-state index in [0.717, 1.165) is 6.54 Å². The molecule has 3 N–H and O–H groups in total. The van der Waals surface area contributed by atoms with Crippen LogP contribution in [-0.4, -0.2) is 47.5 Å². The van der Waals surface area contributed by atoms with Crippen molar-refractivity contribution in [3.8, 4) is 0 Å². The van der Waals surface area contributed by atoms with Crippen molar-refractivity contribution >= 4 is 5.97 Å². The number of rotatable bonds is 8. The van der Waals surface area contributed by atoms with Crippen LogP contribution >= 0.6 is 0 Å². The quantitative estimate of drug-likeness (QED) is 0.446. The molecular formula is C12H16F11NO2. The Morgan fingerprint density at radius 3 is 1.46 bits per heavy atom. The van der Waals surface area contributed by atoms with Crippen molar-refractivity contribution in [3.05, 3.63) is 0 Å². The number of carboxylic acids is 1. The maximum absolute atomic E-state index is 12.4. The summed E-state index contributed by atoms with van der Waals surface area (Å²) in [5, 5.41) is 7.52. The van der Waals surface area contributed by atoms with Crippen molar-refractivity contribution in [3.63, 3.8) is 0 Å². The van der Waals surface area contributed by atoms with Crippen LogP contribution in [0, 0.1) is 0 Å². The van der Waals surface area contributed by atoms with Gasteiger partial charge in [-0.1, -0.05) is 26.2 Å². The number of alkyl halides is 11. The van der Waals surface area contributed by atoms with E-state index in [0.29, 0.717) is 0 Å². The second kappa shape index (κ2) is 9.04.